The first-order valence-corrected chi connectivity index (χ1v) is 10.1. The molecule has 0 aliphatic carbocycles. The average molecular weight is 370 g/mol. The van der Waals surface area contributed by atoms with E-state index in [-0.39, 0.29) is 6.10 Å². The number of imidazole rings is 1. The van der Waals surface area contributed by atoms with Gasteiger partial charge < -0.3 is 24.3 Å². The van der Waals surface area contributed by atoms with Crippen molar-refractivity contribution in [2.45, 2.75) is 45.0 Å². The van der Waals surface area contributed by atoms with Gasteiger partial charge in [0.1, 0.15) is 11.9 Å². The molecule has 6 heteroatoms. The first kappa shape index (κ1) is 18.5. The monoisotopic (exact) mass is 370 g/mol. The molecule has 146 valence electrons. The number of anilines is 1. The zero-order chi connectivity index (χ0) is 18.5. The van der Waals surface area contributed by atoms with E-state index in [4.69, 9.17) is 9.47 Å². The second-order valence-electron chi connectivity index (χ2n) is 7.26. The fourth-order valence-electron chi connectivity index (χ4n) is 3.98. The van der Waals surface area contributed by atoms with E-state index >= 15 is 0 Å². The lowest BCUT2D eigenvalue weighted by atomic mass is 10.0. The number of morpholine rings is 1. The summed E-state index contributed by atoms with van der Waals surface area (Å²) in [5.74, 6) is 1.04. The minimum Gasteiger partial charge on any atom is -0.378 e. The number of hydrogen-bond donors (Lipinski definition) is 1. The molecule has 2 aliphatic rings. The van der Waals surface area contributed by atoms with Gasteiger partial charge in [0.15, 0.2) is 0 Å². The van der Waals surface area contributed by atoms with Gasteiger partial charge in [-0.3, -0.25) is 0 Å². The predicted molar refractivity (Wildman–Crippen MR) is 106 cm³/mol. The summed E-state index contributed by atoms with van der Waals surface area (Å²) in [6.45, 7) is 8.32. The third-order valence-electron chi connectivity index (χ3n) is 5.55. The molecule has 3 heterocycles. The Bertz CT molecular complexity index is 709. The smallest absolute Gasteiger partial charge is 0.139 e. The summed E-state index contributed by atoms with van der Waals surface area (Å²) < 4.78 is 13.7. The predicted octanol–water partition coefficient (Wildman–Crippen LogP) is 2.75. The van der Waals surface area contributed by atoms with Gasteiger partial charge in [0.05, 0.1) is 13.2 Å². The van der Waals surface area contributed by atoms with Crippen LogP contribution in [0.2, 0.25) is 0 Å². The fraction of sp³-hybridized carbons (Fsp3) is 0.571. The maximum Gasteiger partial charge on any atom is 0.139 e. The van der Waals surface area contributed by atoms with Crippen LogP contribution in [0.25, 0.3) is 0 Å². The van der Waals surface area contributed by atoms with Crippen LogP contribution in [-0.2, 0) is 22.6 Å². The van der Waals surface area contributed by atoms with E-state index < -0.39 is 0 Å². The Kier molecular flexibility index (Phi) is 6.07. The van der Waals surface area contributed by atoms with Crippen molar-refractivity contribution >= 4 is 5.69 Å². The molecule has 27 heavy (non-hydrogen) atoms. The van der Waals surface area contributed by atoms with Crippen molar-refractivity contribution in [3.63, 3.8) is 0 Å². The molecule has 0 radical (unpaired) electrons. The van der Waals surface area contributed by atoms with Crippen LogP contribution >= 0.6 is 0 Å². The number of aromatic nitrogens is 2. The molecule has 2 fully saturated rings. The first-order valence-electron chi connectivity index (χ1n) is 10.1. The van der Waals surface area contributed by atoms with E-state index in [1.54, 1.807) is 0 Å². The summed E-state index contributed by atoms with van der Waals surface area (Å²) in [7, 11) is 0. The van der Waals surface area contributed by atoms with E-state index in [0.29, 0.717) is 6.04 Å². The SMILES string of the molecule is CCn1ccnc1[C@H]1OCCC[C@@H]1NCc1ccc(N2CCOCC2)cc1. The molecule has 2 atom stereocenters. The highest BCUT2D eigenvalue weighted by molar-refractivity contribution is 5.47. The summed E-state index contributed by atoms with van der Waals surface area (Å²) in [5.41, 5.74) is 2.58. The lowest BCUT2D eigenvalue weighted by molar-refractivity contribution is -0.0182. The molecule has 2 aliphatic heterocycles. The Hall–Kier alpha value is -1.89. The number of ether oxygens (including phenoxy) is 2. The van der Waals surface area contributed by atoms with Gasteiger partial charge >= 0.3 is 0 Å². The average Bonchev–Trinajstić information content (AvgIpc) is 3.22. The molecule has 1 aromatic heterocycles. The molecule has 4 rings (SSSR count). The van der Waals surface area contributed by atoms with Crippen molar-refractivity contribution in [3.05, 3.63) is 48.0 Å². The van der Waals surface area contributed by atoms with Crippen LogP contribution in [0, 0.1) is 0 Å². The Labute approximate surface area is 161 Å². The van der Waals surface area contributed by atoms with Gasteiger partial charge in [0.25, 0.3) is 0 Å². The molecule has 0 unspecified atom stereocenters. The van der Waals surface area contributed by atoms with Gasteiger partial charge in [-0.2, -0.15) is 0 Å². The lowest BCUT2D eigenvalue weighted by Gasteiger charge is -2.32. The topological polar surface area (TPSA) is 51.5 Å². The lowest BCUT2D eigenvalue weighted by Crippen LogP contribution is -2.40. The molecule has 2 aromatic rings. The molecule has 0 saturated carbocycles. The van der Waals surface area contributed by atoms with Crippen molar-refractivity contribution in [2.24, 2.45) is 0 Å². The molecule has 0 amide bonds. The number of rotatable bonds is 6. The van der Waals surface area contributed by atoms with Gasteiger partial charge in [-0.25, -0.2) is 4.98 Å². The van der Waals surface area contributed by atoms with Crippen LogP contribution in [0.5, 0.6) is 0 Å². The fourth-order valence-corrected chi connectivity index (χ4v) is 3.98. The van der Waals surface area contributed by atoms with Crippen LogP contribution in [0.15, 0.2) is 36.7 Å². The van der Waals surface area contributed by atoms with Crippen LogP contribution < -0.4 is 10.2 Å². The van der Waals surface area contributed by atoms with E-state index in [1.807, 2.05) is 12.4 Å². The Morgan fingerprint density at radius 2 is 1.96 bits per heavy atom. The highest BCUT2D eigenvalue weighted by atomic mass is 16.5. The molecule has 6 nitrogen and oxygen atoms in total. The van der Waals surface area contributed by atoms with Crippen LogP contribution in [0.1, 0.15) is 37.3 Å². The van der Waals surface area contributed by atoms with Crippen LogP contribution in [0.4, 0.5) is 5.69 Å². The summed E-state index contributed by atoms with van der Waals surface area (Å²) in [5, 5.41) is 3.71. The third-order valence-corrected chi connectivity index (χ3v) is 5.55. The van der Waals surface area contributed by atoms with Crippen molar-refractivity contribution in [1.29, 1.82) is 0 Å². The molecule has 1 aromatic carbocycles. The number of benzene rings is 1. The van der Waals surface area contributed by atoms with Crippen LogP contribution in [0.3, 0.4) is 0 Å². The van der Waals surface area contributed by atoms with E-state index in [9.17, 15) is 0 Å². The van der Waals surface area contributed by atoms with E-state index in [2.05, 4.69) is 51.0 Å². The molecule has 1 N–H and O–H groups in total. The summed E-state index contributed by atoms with van der Waals surface area (Å²) >= 11 is 0. The molecule has 2 saturated heterocycles. The molecule has 0 bridgehead atoms. The number of aryl methyl sites for hydroxylation is 1. The van der Waals surface area contributed by atoms with Crippen molar-refractivity contribution in [1.82, 2.24) is 14.9 Å². The number of nitrogens with one attached hydrogen (secondary N) is 1. The quantitative estimate of drug-likeness (QED) is 0.847. The summed E-state index contributed by atoms with van der Waals surface area (Å²) in [4.78, 5) is 6.95. The molecular weight excluding hydrogens is 340 g/mol. The van der Waals surface area contributed by atoms with Crippen LogP contribution in [-0.4, -0.2) is 48.5 Å². The number of nitrogens with zero attached hydrogens (tertiary/aromatic N) is 3. The van der Waals surface area contributed by atoms with E-state index in [1.165, 1.54) is 11.3 Å². The third kappa shape index (κ3) is 4.34. The summed E-state index contributed by atoms with van der Waals surface area (Å²) in [6, 6.07) is 9.19. The summed E-state index contributed by atoms with van der Waals surface area (Å²) in [6.07, 6.45) is 6.15. The standard InChI is InChI=1S/C21H30N4O2/c1-2-24-10-9-22-21(24)20-19(4-3-13-27-20)23-16-17-5-7-18(8-6-17)25-11-14-26-15-12-25/h5-10,19-20,23H,2-4,11-16H2,1H3/t19-,20-/m0/s1. The van der Waals surface area contributed by atoms with Crippen molar-refractivity contribution in [3.8, 4) is 0 Å². The second kappa shape index (κ2) is 8.87. The first-order chi connectivity index (χ1) is 13.3. The Morgan fingerprint density at radius 3 is 2.74 bits per heavy atom. The molecular formula is C21H30N4O2. The molecule has 0 spiro atoms. The zero-order valence-corrected chi connectivity index (χ0v) is 16.1. The van der Waals surface area contributed by atoms with Crippen molar-refractivity contribution < 1.29 is 9.47 Å². The van der Waals surface area contributed by atoms with Gasteiger partial charge in [-0.05, 0) is 37.5 Å². The van der Waals surface area contributed by atoms with Gasteiger partial charge in [-0.15, -0.1) is 0 Å². The Morgan fingerprint density at radius 1 is 1.15 bits per heavy atom. The van der Waals surface area contributed by atoms with Gasteiger partial charge in [0.2, 0.25) is 0 Å². The van der Waals surface area contributed by atoms with Gasteiger partial charge in [-0.1, -0.05) is 12.1 Å². The minimum atomic E-state index is 0.0290. The maximum atomic E-state index is 6.10. The normalized spacial score (nSPS) is 23.5. The minimum absolute atomic E-state index is 0.0290. The Balaban J connectivity index is 1.38. The maximum absolute atomic E-state index is 6.10. The zero-order valence-electron chi connectivity index (χ0n) is 16.1. The highest BCUT2D eigenvalue weighted by Gasteiger charge is 2.30. The van der Waals surface area contributed by atoms with Gasteiger partial charge in [0, 0.05) is 56.9 Å². The highest BCUT2D eigenvalue weighted by Crippen LogP contribution is 2.28. The second-order valence-corrected chi connectivity index (χ2v) is 7.26. The van der Waals surface area contributed by atoms with Crippen molar-refractivity contribution in [2.75, 3.05) is 37.8 Å². The van der Waals surface area contributed by atoms with E-state index in [0.717, 1.165) is 64.7 Å². The number of hydrogen-bond acceptors (Lipinski definition) is 5. The largest absolute Gasteiger partial charge is 0.378 e.